The second-order valence-electron chi connectivity index (χ2n) is 3.94. The van der Waals surface area contributed by atoms with Gasteiger partial charge in [0.25, 0.3) is 0 Å². The molecule has 1 aromatic rings. The number of nitrogens with one attached hydrogen (secondary N) is 1. The molecule has 0 aromatic heterocycles. The number of hydrogen-bond acceptors (Lipinski definition) is 2. The molecule has 4 amide bonds. The highest BCUT2D eigenvalue weighted by molar-refractivity contribution is 6.35. The van der Waals surface area contributed by atoms with E-state index in [0.29, 0.717) is 10.7 Å². The number of imide groups is 1. The van der Waals surface area contributed by atoms with E-state index in [2.05, 4.69) is 5.43 Å². The summed E-state index contributed by atoms with van der Waals surface area (Å²) < 4.78 is -0.218. The fourth-order valence-corrected chi connectivity index (χ4v) is 1.74. The fourth-order valence-electron chi connectivity index (χ4n) is 1.52. The van der Waals surface area contributed by atoms with Gasteiger partial charge in [0.2, 0.25) is 0 Å². The van der Waals surface area contributed by atoms with E-state index in [1.807, 2.05) is 0 Å². The van der Waals surface area contributed by atoms with Crippen LogP contribution in [0.4, 0.5) is 15.3 Å². The average Bonchev–Trinajstić information content (AvgIpc) is 2.39. The maximum absolute atomic E-state index is 11.9. The molecule has 0 bridgehead atoms. The van der Waals surface area contributed by atoms with E-state index in [1.54, 1.807) is 38.4 Å². The van der Waals surface area contributed by atoms with Crippen LogP contribution in [0, 0.1) is 0 Å². The first-order valence-electron chi connectivity index (χ1n) is 4.69. The predicted molar refractivity (Wildman–Crippen MR) is 60.0 cm³/mol. The molecular weight excluding hydrogens is 230 g/mol. The number of anilines is 1. The minimum absolute atomic E-state index is 0.218. The topological polar surface area (TPSA) is 49.4 Å². The number of carbonyl (C=O) groups excluding carboxylic acids is 2. The monoisotopic (exact) mass is 240 g/mol. The van der Waals surface area contributed by atoms with E-state index < -0.39 is 6.03 Å². The molecule has 0 spiro atoms. The average molecular weight is 241 g/mol. The lowest BCUT2D eigenvalue weighted by atomic mass is 10.3. The summed E-state index contributed by atoms with van der Waals surface area (Å²) in [5.74, 6) is 0. The second-order valence-corrected chi connectivity index (χ2v) is 4.35. The number of benzene rings is 1. The maximum Gasteiger partial charge on any atom is 0.456 e. The molecule has 0 radical (unpaired) electrons. The first kappa shape index (κ1) is 10.9. The van der Waals surface area contributed by atoms with Crippen LogP contribution in [-0.4, -0.2) is 30.7 Å². The van der Waals surface area contributed by atoms with Crippen LogP contribution in [0.25, 0.3) is 0 Å². The van der Waals surface area contributed by atoms with Gasteiger partial charge >= 0.3 is 12.1 Å². The smallest absolute Gasteiger partial charge is 0.242 e. The Morgan fingerprint density at radius 3 is 2.38 bits per heavy atom. The van der Waals surface area contributed by atoms with E-state index in [4.69, 9.17) is 11.6 Å². The summed E-state index contributed by atoms with van der Waals surface area (Å²) in [5, 5.41) is 0.368. The number of amides is 4. The number of halogens is 1. The SMILES string of the molecule is C[N+]1(C)NC(=O)N(c2ccccc2Cl)C1=O. The summed E-state index contributed by atoms with van der Waals surface area (Å²) in [6, 6.07) is 5.90. The molecule has 0 saturated carbocycles. The maximum atomic E-state index is 11.9. The van der Waals surface area contributed by atoms with Gasteiger partial charge in [0, 0.05) is 0 Å². The highest BCUT2D eigenvalue weighted by Gasteiger charge is 2.48. The largest absolute Gasteiger partial charge is 0.456 e. The molecule has 1 heterocycles. The molecule has 0 aliphatic carbocycles. The number of rotatable bonds is 1. The Hall–Kier alpha value is -1.59. The third kappa shape index (κ3) is 1.54. The van der Waals surface area contributed by atoms with Crippen molar-refractivity contribution in [3.05, 3.63) is 29.3 Å². The van der Waals surface area contributed by atoms with Crippen molar-refractivity contribution in [2.24, 2.45) is 0 Å². The molecule has 1 N–H and O–H groups in total. The van der Waals surface area contributed by atoms with Crippen molar-refractivity contribution >= 4 is 29.4 Å². The fraction of sp³-hybridized carbons (Fsp3) is 0.200. The molecule has 84 valence electrons. The van der Waals surface area contributed by atoms with Crippen molar-refractivity contribution in [3.63, 3.8) is 0 Å². The van der Waals surface area contributed by atoms with Crippen molar-refractivity contribution in [2.75, 3.05) is 19.0 Å². The van der Waals surface area contributed by atoms with Crippen LogP contribution in [0.5, 0.6) is 0 Å². The lowest BCUT2D eigenvalue weighted by Crippen LogP contribution is -2.50. The molecule has 6 heteroatoms. The van der Waals surface area contributed by atoms with E-state index >= 15 is 0 Å². The minimum Gasteiger partial charge on any atom is -0.242 e. The Kier molecular flexibility index (Phi) is 2.36. The molecule has 0 atom stereocenters. The zero-order valence-corrected chi connectivity index (χ0v) is 9.65. The summed E-state index contributed by atoms with van der Waals surface area (Å²) in [5.41, 5.74) is 2.93. The number of para-hydroxylation sites is 1. The Morgan fingerprint density at radius 2 is 1.88 bits per heavy atom. The zero-order chi connectivity index (χ0) is 11.9. The summed E-state index contributed by atoms with van der Waals surface area (Å²) >= 11 is 5.95. The van der Waals surface area contributed by atoms with Crippen molar-refractivity contribution < 1.29 is 14.2 Å². The minimum atomic E-state index is -0.469. The van der Waals surface area contributed by atoms with Crippen LogP contribution in [0.3, 0.4) is 0 Å². The van der Waals surface area contributed by atoms with Gasteiger partial charge < -0.3 is 0 Å². The molecule has 2 rings (SSSR count). The van der Waals surface area contributed by atoms with Crippen molar-refractivity contribution in [3.8, 4) is 0 Å². The highest BCUT2D eigenvalue weighted by Crippen LogP contribution is 2.29. The lowest BCUT2D eigenvalue weighted by molar-refractivity contribution is -0.838. The Balaban J connectivity index is 2.47. The molecule has 1 fully saturated rings. The molecule has 0 unspecified atom stereocenters. The summed E-state index contributed by atoms with van der Waals surface area (Å²) in [6.45, 7) is 0. The van der Waals surface area contributed by atoms with Crippen molar-refractivity contribution in [1.29, 1.82) is 0 Å². The van der Waals surface area contributed by atoms with Gasteiger partial charge in [-0.25, -0.2) is 9.59 Å². The molecule has 1 aliphatic heterocycles. The molecular formula is C10H11ClN3O2+. The van der Waals surface area contributed by atoms with E-state index in [0.717, 1.165) is 4.90 Å². The summed E-state index contributed by atoms with van der Waals surface area (Å²) in [6.07, 6.45) is 0. The standard InChI is InChI=1S/C10H10ClN3O2/c1-14(2)10(16)13(9(15)12-14)8-6-4-3-5-7(8)11/h3-6H,1-2H3/p+1. The van der Waals surface area contributed by atoms with Crippen LogP contribution in [0.15, 0.2) is 24.3 Å². The summed E-state index contributed by atoms with van der Waals surface area (Å²) in [7, 11) is 3.19. The highest BCUT2D eigenvalue weighted by atomic mass is 35.5. The van der Waals surface area contributed by atoms with Crippen LogP contribution >= 0.6 is 11.6 Å². The molecule has 1 saturated heterocycles. The quantitative estimate of drug-likeness (QED) is 0.763. The first-order chi connectivity index (χ1) is 7.43. The van der Waals surface area contributed by atoms with Crippen LogP contribution in [0.1, 0.15) is 0 Å². The molecule has 16 heavy (non-hydrogen) atoms. The van der Waals surface area contributed by atoms with Gasteiger partial charge in [-0.2, -0.15) is 10.3 Å². The molecule has 1 aliphatic rings. The predicted octanol–water partition coefficient (Wildman–Crippen LogP) is 1.98. The molecule has 1 aromatic carbocycles. The van der Waals surface area contributed by atoms with Crippen LogP contribution in [0.2, 0.25) is 5.02 Å². The number of quaternary nitrogens is 1. The lowest BCUT2D eigenvalue weighted by Gasteiger charge is -2.16. The van der Waals surface area contributed by atoms with Crippen LogP contribution < -0.4 is 10.3 Å². The third-order valence-electron chi connectivity index (χ3n) is 2.34. The van der Waals surface area contributed by atoms with Gasteiger partial charge in [0.05, 0.1) is 10.7 Å². The Bertz CT molecular complexity index is 473. The van der Waals surface area contributed by atoms with Crippen LogP contribution in [-0.2, 0) is 0 Å². The number of hydrogen-bond donors (Lipinski definition) is 1. The first-order valence-corrected chi connectivity index (χ1v) is 5.07. The van der Waals surface area contributed by atoms with E-state index in [1.165, 1.54) is 0 Å². The van der Waals surface area contributed by atoms with Gasteiger partial charge in [0.15, 0.2) is 0 Å². The Labute approximate surface area is 97.8 Å². The van der Waals surface area contributed by atoms with Gasteiger partial charge in [-0.1, -0.05) is 23.7 Å². The third-order valence-corrected chi connectivity index (χ3v) is 2.66. The summed E-state index contributed by atoms with van der Waals surface area (Å²) in [4.78, 5) is 24.7. The Morgan fingerprint density at radius 1 is 1.25 bits per heavy atom. The van der Waals surface area contributed by atoms with Gasteiger partial charge in [0.1, 0.15) is 14.1 Å². The van der Waals surface area contributed by atoms with E-state index in [-0.39, 0.29) is 10.6 Å². The van der Waals surface area contributed by atoms with Gasteiger partial charge in [-0.3, -0.25) is 0 Å². The molecule has 5 nitrogen and oxygen atoms in total. The van der Waals surface area contributed by atoms with Gasteiger partial charge in [-0.15, -0.1) is 4.59 Å². The zero-order valence-electron chi connectivity index (χ0n) is 8.90. The number of carbonyl (C=O) groups is 2. The van der Waals surface area contributed by atoms with Crippen molar-refractivity contribution in [1.82, 2.24) is 5.43 Å². The second kappa shape index (κ2) is 3.47. The normalized spacial score (nSPS) is 18.8. The number of urea groups is 2. The number of nitrogens with zero attached hydrogens (tertiary/aromatic N) is 2. The van der Waals surface area contributed by atoms with Crippen molar-refractivity contribution in [2.45, 2.75) is 0 Å². The van der Waals surface area contributed by atoms with E-state index in [9.17, 15) is 9.59 Å². The van der Waals surface area contributed by atoms with Gasteiger partial charge in [-0.05, 0) is 12.1 Å².